The van der Waals surface area contributed by atoms with E-state index < -0.39 is 22.8 Å². The van der Waals surface area contributed by atoms with Crippen LogP contribution in [0, 0.1) is 5.92 Å². The Morgan fingerprint density at radius 3 is 2.83 bits per heavy atom. The molecule has 0 bridgehead atoms. The van der Waals surface area contributed by atoms with Crippen molar-refractivity contribution < 1.29 is 15.0 Å². The normalized spacial score (nSPS) is 23.1. The van der Waals surface area contributed by atoms with E-state index in [0.29, 0.717) is 29.6 Å². The van der Waals surface area contributed by atoms with E-state index in [9.17, 15) is 19.8 Å². The molecule has 3 heterocycles. The SMILES string of the molecule is O=C(O)c1c(O)c2c([nH]c1=O)-c1ccc(N3C[C@H]4CCCN[C@H]4C3)cc1CCC2. The number of aryl methyl sites for hydroxylation is 1. The summed E-state index contributed by atoms with van der Waals surface area (Å²) in [6, 6.07) is 6.83. The molecule has 2 aliphatic heterocycles. The molecule has 4 N–H and O–H groups in total. The van der Waals surface area contributed by atoms with Crippen LogP contribution in [-0.2, 0) is 12.8 Å². The highest BCUT2D eigenvalue weighted by Gasteiger charge is 2.34. The number of carbonyl (C=O) groups is 1. The van der Waals surface area contributed by atoms with Crippen LogP contribution in [0.3, 0.4) is 0 Å². The molecule has 2 atom stereocenters. The van der Waals surface area contributed by atoms with Crippen LogP contribution in [0.25, 0.3) is 11.3 Å². The predicted octanol–water partition coefficient (Wildman–Crippen LogP) is 2.12. The minimum Gasteiger partial charge on any atom is -0.506 e. The number of hydrogen-bond donors (Lipinski definition) is 4. The number of aromatic nitrogens is 1. The van der Waals surface area contributed by atoms with Gasteiger partial charge in [-0.2, -0.15) is 0 Å². The van der Waals surface area contributed by atoms with E-state index in [-0.39, 0.29) is 0 Å². The van der Waals surface area contributed by atoms with Gasteiger partial charge in [-0.1, -0.05) is 6.07 Å². The second-order valence-electron chi connectivity index (χ2n) is 8.40. The number of nitrogens with zero attached hydrogens (tertiary/aromatic N) is 1. The molecule has 152 valence electrons. The fraction of sp³-hybridized carbons (Fsp3) is 0.455. The highest BCUT2D eigenvalue weighted by atomic mass is 16.4. The lowest BCUT2D eigenvalue weighted by molar-refractivity contribution is 0.0691. The van der Waals surface area contributed by atoms with Gasteiger partial charge in [0.2, 0.25) is 0 Å². The first-order valence-corrected chi connectivity index (χ1v) is 10.4. The number of anilines is 1. The molecule has 0 amide bonds. The summed E-state index contributed by atoms with van der Waals surface area (Å²) in [5, 5.41) is 23.4. The number of aromatic amines is 1. The molecule has 1 aromatic carbocycles. The molecule has 0 unspecified atom stereocenters. The topological polar surface area (TPSA) is 106 Å². The molecule has 7 heteroatoms. The minimum absolute atomic E-state index is 0.400. The average Bonchev–Trinajstić information content (AvgIpc) is 3.05. The van der Waals surface area contributed by atoms with E-state index in [1.54, 1.807) is 0 Å². The quantitative estimate of drug-likeness (QED) is 0.621. The molecule has 3 aliphatic rings. The number of pyridine rings is 1. The Bertz CT molecular complexity index is 1030. The number of rotatable bonds is 2. The van der Waals surface area contributed by atoms with Crippen LogP contribution in [0.2, 0.25) is 0 Å². The first-order chi connectivity index (χ1) is 14.0. The molecule has 2 aromatic rings. The van der Waals surface area contributed by atoms with E-state index in [1.165, 1.54) is 18.5 Å². The lowest BCUT2D eigenvalue weighted by Gasteiger charge is -2.24. The maximum atomic E-state index is 12.3. The number of fused-ring (bicyclic) bond motifs is 4. The number of piperidine rings is 1. The van der Waals surface area contributed by atoms with Gasteiger partial charge in [0.15, 0.2) is 5.56 Å². The van der Waals surface area contributed by atoms with Crippen LogP contribution in [0.1, 0.15) is 40.7 Å². The van der Waals surface area contributed by atoms with Crippen LogP contribution < -0.4 is 15.8 Å². The number of aromatic carboxylic acids is 1. The van der Waals surface area contributed by atoms with Gasteiger partial charge in [-0.3, -0.25) is 4.79 Å². The third kappa shape index (κ3) is 3.00. The van der Waals surface area contributed by atoms with Crippen LogP contribution in [0.5, 0.6) is 5.75 Å². The zero-order valence-corrected chi connectivity index (χ0v) is 16.2. The summed E-state index contributed by atoms with van der Waals surface area (Å²) in [4.78, 5) is 28.8. The molecule has 29 heavy (non-hydrogen) atoms. The highest BCUT2D eigenvalue weighted by Crippen LogP contribution is 2.38. The Balaban J connectivity index is 1.54. The first-order valence-electron chi connectivity index (χ1n) is 10.4. The molecular weight excluding hydrogens is 370 g/mol. The molecule has 0 spiro atoms. The highest BCUT2D eigenvalue weighted by molar-refractivity contribution is 5.92. The van der Waals surface area contributed by atoms with Gasteiger partial charge in [0.1, 0.15) is 5.75 Å². The Morgan fingerprint density at radius 1 is 1.17 bits per heavy atom. The molecule has 7 nitrogen and oxygen atoms in total. The Hall–Kier alpha value is -2.80. The fourth-order valence-corrected chi connectivity index (χ4v) is 5.24. The molecule has 2 fully saturated rings. The Morgan fingerprint density at radius 2 is 2.03 bits per heavy atom. The molecular formula is C22H25N3O4. The third-order valence-corrected chi connectivity index (χ3v) is 6.70. The monoisotopic (exact) mass is 395 g/mol. The number of hydrogen-bond acceptors (Lipinski definition) is 5. The number of carboxylic acids is 1. The number of H-pyrrole nitrogens is 1. The van der Waals surface area contributed by atoms with Crippen LogP contribution in [0.4, 0.5) is 5.69 Å². The van der Waals surface area contributed by atoms with Gasteiger partial charge in [-0.25, -0.2) is 4.79 Å². The lowest BCUT2D eigenvalue weighted by Crippen LogP contribution is -2.40. The van der Waals surface area contributed by atoms with Crippen molar-refractivity contribution in [3.05, 3.63) is 45.2 Å². The molecule has 0 radical (unpaired) electrons. The van der Waals surface area contributed by atoms with Crippen molar-refractivity contribution in [2.24, 2.45) is 5.92 Å². The van der Waals surface area contributed by atoms with Gasteiger partial charge in [0.05, 0.1) is 5.69 Å². The van der Waals surface area contributed by atoms with Gasteiger partial charge in [0, 0.05) is 35.9 Å². The van der Waals surface area contributed by atoms with Gasteiger partial charge in [-0.05, 0) is 62.3 Å². The summed E-state index contributed by atoms with van der Waals surface area (Å²) in [5.41, 5.74) is 2.93. The van der Waals surface area contributed by atoms with Crippen molar-refractivity contribution in [2.75, 3.05) is 24.5 Å². The Kier molecular flexibility index (Phi) is 4.35. The minimum atomic E-state index is -1.41. The zero-order valence-electron chi connectivity index (χ0n) is 16.2. The van der Waals surface area contributed by atoms with Crippen molar-refractivity contribution in [2.45, 2.75) is 38.1 Å². The van der Waals surface area contributed by atoms with Crippen LogP contribution in [-0.4, -0.2) is 46.8 Å². The standard InChI is InChI=1S/C22H25N3O4/c26-20-16-5-1-3-12-9-14(25-10-13-4-2-8-23-17(13)11-25)6-7-15(12)19(16)24-21(27)18(20)22(28)29/h6-7,9,13,17,23H,1-5,8,10-11H2,(H,28,29)(H2,24,26,27)/t13-,17+/m1/s1. The third-order valence-electron chi connectivity index (χ3n) is 6.70. The van der Waals surface area contributed by atoms with E-state index in [2.05, 4.69) is 27.3 Å². The fourth-order valence-electron chi connectivity index (χ4n) is 5.24. The molecule has 0 saturated carbocycles. The van der Waals surface area contributed by atoms with Gasteiger partial charge < -0.3 is 25.4 Å². The second kappa shape index (κ2) is 6.91. The molecule has 5 rings (SSSR count). The average molecular weight is 395 g/mol. The van der Waals surface area contributed by atoms with E-state index in [4.69, 9.17) is 0 Å². The molecule has 1 aromatic heterocycles. The number of nitrogens with one attached hydrogen (secondary N) is 2. The lowest BCUT2D eigenvalue weighted by atomic mass is 9.94. The molecule has 2 saturated heterocycles. The van der Waals surface area contributed by atoms with E-state index >= 15 is 0 Å². The van der Waals surface area contributed by atoms with Crippen molar-refractivity contribution in [3.63, 3.8) is 0 Å². The van der Waals surface area contributed by atoms with Crippen molar-refractivity contribution in [1.82, 2.24) is 10.3 Å². The van der Waals surface area contributed by atoms with Gasteiger partial charge in [-0.15, -0.1) is 0 Å². The summed E-state index contributed by atoms with van der Waals surface area (Å²) in [6.07, 6.45) is 4.65. The van der Waals surface area contributed by atoms with Crippen molar-refractivity contribution >= 4 is 11.7 Å². The number of benzene rings is 1. The first kappa shape index (κ1) is 18.2. The Labute approximate surface area is 168 Å². The smallest absolute Gasteiger partial charge is 0.345 e. The zero-order chi connectivity index (χ0) is 20.1. The van der Waals surface area contributed by atoms with Crippen molar-refractivity contribution in [3.8, 4) is 17.0 Å². The van der Waals surface area contributed by atoms with E-state index in [0.717, 1.165) is 43.6 Å². The summed E-state index contributed by atoms with van der Waals surface area (Å²) >= 11 is 0. The maximum Gasteiger partial charge on any atom is 0.345 e. The second-order valence-corrected chi connectivity index (χ2v) is 8.40. The maximum absolute atomic E-state index is 12.3. The summed E-state index contributed by atoms with van der Waals surface area (Å²) in [5.74, 6) is -1.11. The largest absolute Gasteiger partial charge is 0.506 e. The van der Waals surface area contributed by atoms with E-state index in [1.807, 2.05) is 6.07 Å². The molecule has 1 aliphatic carbocycles. The number of aromatic hydroxyl groups is 1. The van der Waals surface area contributed by atoms with Crippen molar-refractivity contribution in [1.29, 1.82) is 0 Å². The van der Waals surface area contributed by atoms with Gasteiger partial charge in [0.25, 0.3) is 5.56 Å². The van der Waals surface area contributed by atoms with Crippen LogP contribution in [0.15, 0.2) is 23.0 Å². The number of carboxylic acid groups (broad SMARTS) is 1. The summed E-state index contributed by atoms with van der Waals surface area (Å²) in [6.45, 7) is 3.18. The summed E-state index contributed by atoms with van der Waals surface area (Å²) in [7, 11) is 0. The predicted molar refractivity (Wildman–Crippen MR) is 110 cm³/mol. The summed E-state index contributed by atoms with van der Waals surface area (Å²) < 4.78 is 0. The van der Waals surface area contributed by atoms with Crippen LogP contribution >= 0.6 is 0 Å². The van der Waals surface area contributed by atoms with Gasteiger partial charge >= 0.3 is 5.97 Å².